The fraction of sp³-hybridized carbons (Fsp3) is 0.880. The monoisotopic (exact) mass is 1490 g/mol. The molecule has 5 saturated heterocycles. The maximum absolute atomic E-state index is 12.4. The molecule has 2 aliphatic carbocycles. The van der Waals surface area contributed by atoms with Crippen LogP contribution in [0.1, 0.15) is 363 Å². The molecule has 0 N–H and O–H groups in total. The van der Waals surface area contributed by atoms with Crippen LogP contribution in [0.5, 0.6) is 0 Å². The first kappa shape index (κ1) is 93.5. The van der Waals surface area contributed by atoms with E-state index in [-0.39, 0.29) is 99.7 Å². The highest BCUT2D eigenvalue weighted by Gasteiger charge is 2.40. The Labute approximate surface area is 634 Å². The third-order valence-electron chi connectivity index (χ3n) is 21.2. The number of nitrogens with zero attached hydrogens (tertiary/aromatic N) is 5. The van der Waals surface area contributed by atoms with E-state index in [1.807, 2.05) is 6.26 Å². The van der Waals surface area contributed by atoms with E-state index < -0.39 is 0 Å². The van der Waals surface area contributed by atoms with Gasteiger partial charge in [-0.15, -0.1) is 23.5 Å². The molecule has 7 fully saturated rings. The van der Waals surface area contributed by atoms with Crippen molar-refractivity contribution in [1.82, 2.24) is 24.5 Å². The molecular weight excluding hydrogens is 1340 g/mol. The summed E-state index contributed by atoms with van der Waals surface area (Å²) in [4.78, 5) is 130. The highest BCUT2D eigenvalue weighted by Crippen LogP contribution is 2.32. The number of hydrogen-bond donors (Lipinski definition) is 0. The molecule has 7 aliphatic rings. The standard InChI is InChI=1S/C19H35NO3.C17H31NO2S.2C16H27NO3.C15H27NO2S/c1-3-5-7-9-10-13-17(21)19(22)20-15-12-14-18(20)23-16-11-8-6-4-2;1-3-5-6-7-8-9-10-12-15(19)17(20)18-14-11-13-16(18)21-4-2;1-2-3-12-20-14-10-7-11-17(14)16(19)15(18)13-8-5-4-6-9-13;1-2-3-6-12-20-14-10-7-11-17(14)16(19)15(18)13-8-4-5-9-13;1-3-4-5-6-7-8-10-13(17)15(18)16-12-9-11-14(16)19-2/h18H,3-16H2,1-2H3;16H,3-14H2,1-2H3;2*13-14H,2-12H2,1H3;14H,3-12H2,1-2H3. The van der Waals surface area contributed by atoms with Crippen LogP contribution in [0.2, 0.25) is 0 Å². The molecule has 103 heavy (non-hydrogen) atoms. The predicted octanol–water partition coefficient (Wildman–Crippen LogP) is 18.3. The van der Waals surface area contributed by atoms with E-state index in [1.165, 1.54) is 96.3 Å². The molecule has 20 heteroatoms. The van der Waals surface area contributed by atoms with Crippen molar-refractivity contribution in [2.75, 3.05) is 64.6 Å². The molecule has 5 unspecified atom stereocenters. The minimum Gasteiger partial charge on any atom is -0.358 e. The second-order valence-electron chi connectivity index (χ2n) is 29.8. The molecule has 0 spiro atoms. The van der Waals surface area contributed by atoms with Gasteiger partial charge < -0.3 is 38.7 Å². The first-order valence-electron chi connectivity index (χ1n) is 42.3. The third kappa shape index (κ3) is 37.3. The normalized spacial score (nSPS) is 20.3. The summed E-state index contributed by atoms with van der Waals surface area (Å²) in [5.74, 6) is -1.39. The Morgan fingerprint density at radius 3 is 0.951 bits per heavy atom. The van der Waals surface area contributed by atoms with E-state index in [9.17, 15) is 47.9 Å². The van der Waals surface area contributed by atoms with Gasteiger partial charge in [-0.25, -0.2) is 0 Å². The van der Waals surface area contributed by atoms with Crippen LogP contribution in [0.15, 0.2) is 0 Å². The molecule has 0 aromatic rings. The second-order valence-corrected chi connectivity index (χ2v) is 32.2. The molecule has 5 amide bonds. The molecule has 0 radical (unpaired) electrons. The summed E-state index contributed by atoms with van der Waals surface area (Å²) >= 11 is 3.46. The molecule has 0 aromatic heterocycles. The van der Waals surface area contributed by atoms with Gasteiger partial charge in [0, 0.05) is 83.6 Å². The lowest BCUT2D eigenvalue weighted by Gasteiger charge is -2.27. The lowest BCUT2D eigenvalue weighted by atomic mass is 9.86. The van der Waals surface area contributed by atoms with Crippen molar-refractivity contribution in [1.29, 1.82) is 0 Å². The van der Waals surface area contributed by atoms with Crippen LogP contribution < -0.4 is 0 Å². The molecule has 0 aromatic carbocycles. The Morgan fingerprint density at radius 1 is 0.291 bits per heavy atom. The number of ketones is 5. The number of Topliss-reactive ketones (excluding diaryl/α,β-unsaturated/α-hetero) is 5. The van der Waals surface area contributed by atoms with E-state index in [0.717, 1.165) is 218 Å². The van der Waals surface area contributed by atoms with Crippen LogP contribution in [0, 0.1) is 11.8 Å². The van der Waals surface area contributed by atoms with E-state index in [2.05, 4.69) is 48.5 Å². The Morgan fingerprint density at radius 2 is 0.573 bits per heavy atom. The van der Waals surface area contributed by atoms with Crippen LogP contribution in [0.25, 0.3) is 0 Å². The fourth-order valence-electron chi connectivity index (χ4n) is 14.8. The minimum absolute atomic E-state index is 0.0242. The van der Waals surface area contributed by atoms with Crippen molar-refractivity contribution < 1.29 is 62.2 Å². The van der Waals surface area contributed by atoms with E-state index in [1.54, 1.807) is 48.0 Å². The van der Waals surface area contributed by atoms with Gasteiger partial charge in [0.05, 0.1) is 10.7 Å². The van der Waals surface area contributed by atoms with Crippen LogP contribution in [-0.4, -0.2) is 177 Å². The summed E-state index contributed by atoms with van der Waals surface area (Å²) < 4.78 is 17.4. The number of thioether (sulfide) groups is 2. The maximum atomic E-state index is 12.4. The Hall–Kier alpha value is -3.72. The van der Waals surface area contributed by atoms with Crippen molar-refractivity contribution in [2.24, 2.45) is 11.8 Å². The van der Waals surface area contributed by atoms with E-state index >= 15 is 0 Å². The molecule has 5 heterocycles. The van der Waals surface area contributed by atoms with Gasteiger partial charge in [0.25, 0.3) is 29.5 Å². The molecule has 18 nitrogen and oxygen atoms in total. The van der Waals surface area contributed by atoms with Crippen molar-refractivity contribution in [2.45, 2.75) is 393 Å². The Kier molecular flexibility index (Phi) is 53.8. The molecule has 2 saturated carbocycles. The summed E-state index contributed by atoms with van der Waals surface area (Å²) in [6.07, 6.45) is 52.1. The molecule has 5 aliphatic heterocycles. The van der Waals surface area contributed by atoms with Gasteiger partial charge in [0.2, 0.25) is 28.9 Å². The topological polar surface area (TPSA) is 215 Å². The quantitative estimate of drug-likeness (QED) is 0.0409. The van der Waals surface area contributed by atoms with Gasteiger partial charge in [0.1, 0.15) is 18.7 Å². The number of unbranched alkanes of at least 4 members (excludes halogenated alkanes) is 21. The zero-order valence-electron chi connectivity index (χ0n) is 66.4. The molecule has 7 rings (SSSR count). The molecule has 0 bridgehead atoms. The summed E-state index contributed by atoms with van der Waals surface area (Å²) in [6.45, 7) is 20.8. The zero-order valence-corrected chi connectivity index (χ0v) is 68.0. The van der Waals surface area contributed by atoms with Crippen molar-refractivity contribution in [3.63, 3.8) is 0 Å². The summed E-state index contributed by atoms with van der Waals surface area (Å²) in [5.41, 5.74) is 0. The number of amides is 5. The number of carbonyl (C=O) groups is 10. The highest BCUT2D eigenvalue weighted by atomic mass is 32.2. The van der Waals surface area contributed by atoms with Crippen LogP contribution in [0.4, 0.5) is 0 Å². The number of hydrogen-bond acceptors (Lipinski definition) is 15. The van der Waals surface area contributed by atoms with Crippen molar-refractivity contribution >= 4 is 82.0 Å². The van der Waals surface area contributed by atoms with Gasteiger partial charge in [-0.1, -0.05) is 215 Å². The summed E-state index contributed by atoms with van der Waals surface area (Å²) in [7, 11) is 0. The summed E-state index contributed by atoms with van der Waals surface area (Å²) in [5, 5.41) is 0.460. The fourth-order valence-corrected chi connectivity index (χ4v) is 16.8. The smallest absolute Gasteiger partial charge is 0.292 e. The summed E-state index contributed by atoms with van der Waals surface area (Å²) in [6, 6.07) is 0. The highest BCUT2D eigenvalue weighted by molar-refractivity contribution is 7.99. The first-order chi connectivity index (χ1) is 50.1. The van der Waals surface area contributed by atoms with Crippen molar-refractivity contribution in [3.05, 3.63) is 0 Å². The SMILES string of the molecule is CCCCCCCC(=O)C(=O)N1CCCC1OCCCCCC.CCCCCCCCC(=O)C(=O)N1CCCC1SC.CCCCCCCCCC(=O)C(=O)N1CCCC1SCC.CCCCCOC1CCCN1C(=O)C(=O)C1CCCC1.CCCCOC1CCCN1C(=O)C(=O)C1CCCCC1. The number of ether oxygens (including phenoxy) is 3. The van der Waals surface area contributed by atoms with Crippen LogP contribution in [-0.2, 0) is 62.2 Å². The molecule has 594 valence electrons. The number of likely N-dealkylation sites (tertiary alicyclic amines) is 5. The molecular formula is C83H147N5O13S2. The maximum Gasteiger partial charge on any atom is 0.292 e. The largest absolute Gasteiger partial charge is 0.358 e. The van der Waals surface area contributed by atoms with Gasteiger partial charge in [0.15, 0.2) is 0 Å². The predicted molar refractivity (Wildman–Crippen MR) is 419 cm³/mol. The molecule has 5 atom stereocenters. The van der Waals surface area contributed by atoms with Gasteiger partial charge in [-0.2, -0.15) is 0 Å². The lowest BCUT2D eigenvalue weighted by Crippen LogP contribution is -2.43. The average Bonchev–Trinajstić information content (AvgIpc) is 1.80. The van der Waals surface area contributed by atoms with Gasteiger partial charge in [-0.05, 0) is 140 Å². The third-order valence-corrected chi connectivity index (χ3v) is 23.5. The van der Waals surface area contributed by atoms with Gasteiger partial charge >= 0.3 is 0 Å². The second kappa shape index (κ2) is 59.3. The van der Waals surface area contributed by atoms with Crippen LogP contribution >= 0.6 is 23.5 Å². The van der Waals surface area contributed by atoms with Gasteiger partial charge in [-0.3, -0.25) is 47.9 Å². The minimum atomic E-state index is -0.323. The average molecular weight is 1490 g/mol. The lowest BCUT2D eigenvalue weighted by molar-refractivity contribution is -0.154. The van der Waals surface area contributed by atoms with E-state index in [4.69, 9.17) is 14.2 Å². The van der Waals surface area contributed by atoms with Crippen LogP contribution in [0.3, 0.4) is 0 Å². The Balaban J connectivity index is 0.000000335. The van der Waals surface area contributed by atoms with E-state index in [0.29, 0.717) is 58.7 Å². The zero-order chi connectivity index (χ0) is 75.2. The van der Waals surface area contributed by atoms with Crippen molar-refractivity contribution in [3.8, 4) is 0 Å². The first-order valence-corrected chi connectivity index (χ1v) is 44.6. The Bertz CT molecular complexity index is 2370. The number of rotatable bonds is 46. The number of carbonyl (C=O) groups excluding carboxylic acids is 10.